The van der Waals surface area contributed by atoms with Crippen LogP contribution in [0.2, 0.25) is 0 Å². The lowest BCUT2D eigenvalue weighted by molar-refractivity contribution is -0.130. The highest BCUT2D eigenvalue weighted by Crippen LogP contribution is 2.49. The molecule has 2 aromatic rings. The van der Waals surface area contributed by atoms with Gasteiger partial charge in [-0.2, -0.15) is 0 Å². The fraction of sp³-hybridized carbons (Fsp3) is 0.565. The van der Waals surface area contributed by atoms with Gasteiger partial charge >= 0.3 is 5.97 Å². The number of methoxy groups -OCH3 is 1. The molecule has 0 saturated heterocycles. The molecular formula is C23H29NO5. The minimum Gasteiger partial charge on any atom is -0.449 e. The first-order chi connectivity index (χ1) is 14.0. The van der Waals surface area contributed by atoms with Gasteiger partial charge in [-0.1, -0.05) is 24.6 Å². The number of carbonyl (C=O) groups excluding carboxylic acids is 2. The van der Waals surface area contributed by atoms with E-state index >= 15 is 0 Å². The molecule has 2 fully saturated rings. The molecule has 4 rings (SSSR count). The van der Waals surface area contributed by atoms with Gasteiger partial charge in [0.15, 0.2) is 6.10 Å². The second-order valence-electron chi connectivity index (χ2n) is 8.52. The van der Waals surface area contributed by atoms with Gasteiger partial charge in [0.25, 0.3) is 5.91 Å². The van der Waals surface area contributed by atoms with Gasteiger partial charge in [0.05, 0.1) is 6.61 Å². The Bertz CT molecular complexity index is 904. The minimum absolute atomic E-state index is 0.0915. The first kappa shape index (κ1) is 20.0. The molecular weight excluding hydrogens is 370 g/mol. The van der Waals surface area contributed by atoms with Crippen LogP contribution in [0.25, 0.3) is 11.0 Å². The molecule has 1 N–H and O–H groups in total. The van der Waals surface area contributed by atoms with E-state index < -0.39 is 12.1 Å². The van der Waals surface area contributed by atoms with E-state index in [0.717, 1.165) is 17.2 Å². The zero-order valence-electron chi connectivity index (χ0n) is 17.3. The summed E-state index contributed by atoms with van der Waals surface area (Å²) in [5.74, 6) is 1.26. The second kappa shape index (κ2) is 8.19. The van der Waals surface area contributed by atoms with Gasteiger partial charge in [-0.15, -0.1) is 0 Å². The number of esters is 1. The van der Waals surface area contributed by atoms with Gasteiger partial charge in [-0.3, -0.25) is 4.79 Å². The summed E-state index contributed by atoms with van der Waals surface area (Å²) in [6.07, 6.45) is 4.20. The van der Waals surface area contributed by atoms with Gasteiger partial charge in [0.1, 0.15) is 5.58 Å². The third-order valence-electron chi connectivity index (χ3n) is 6.63. The predicted molar refractivity (Wildman–Crippen MR) is 108 cm³/mol. The predicted octanol–water partition coefficient (Wildman–Crippen LogP) is 4.07. The Labute approximate surface area is 170 Å². The molecule has 2 aliphatic carbocycles. The number of hydrogen-bond acceptors (Lipinski definition) is 5. The number of fused-ring (bicyclic) bond motifs is 3. The van der Waals surface area contributed by atoms with E-state index in [2.05, 4.69) is 12.2 Å². The zero-order valence-corrected chi connectivity index (χ0v) is 17.3. The van der Waals surface area contributed by atoms with Crippen molar-refractivity contribution in [2.45, 2.75) is 58.3 Å². The lowest BCUT2D eigenvalue weighted by Crippen LogP contribution is -2.45. The van der Waals surface area contributed by atoms with Crippen LogP contribution in [0.4, 0.5) is 0 Å². The van der Waals surface area contributed by atoms with Crippen molar-refractivity contribution >= 4 is 22.8 Å². The number of para-hydroxylation sites is 1. The Hall–Kier alpha value is -2.34. The van der Waals surface area contributed by atoms with Crippen molar-refractivity contribution in [2.24, 2.45) is 17.8 Å². The summed E-state index contributed by atoms with van der Waals surface area (Å²) in [7, 11) is 1.56. The van der Waals surface area contributed by atoms with E-state index in [4.69, 9.17) is 13.9 Å². The Kier molecular flexibility index (Phi) is 5.63. The fourth-order valence-electron chi connectivity index (χ4n) is 5.17. The lowest BCUT2D eigenvalue weighted by atomic mass is 9.84. The summed E-state index contributed by atoms with van der Waals surface area (Å²) in [4.78, 5) is 25.3. The number of benzene rings is 1. The Balaban J connectivity index is 1.40. The fourth-order valence-corrected chi connectivity index (χ4v) is 5.17. The Morgan fingerprint density at radius 2 is 2.00 bits per heavy atom. The van der Waals surface area contributed by atoms with Crippen LogP contribution in [0.15, 0.2) is 28.7 Å². The number of furan rings is 1. The number of carbonyl (C=O) groups is 2. The summed E-state index contributed by atoms with van der Waals surface area (Å²) < 4.78 is 16.4. The van der Waals surface area contributed by atoms with Crippen molar-refractivity contribution in [1.29, 1.82) is 0 Å². The van der Waals surface area contributed by atoms with Crippen LogP contribution in [0, 0.1) is 17.8 Å². The van der Waals surface area contributed by atoms with E-state index in [1.807, 2.05) is 18.2 Å². The topological polar surface area (TPSA) is 77.8 Å². The average Bonchev–Trinajstić information content (AvgIpc) is 3.42. The number of amides is 1. The maximum atomic E-state index is 12.7. The van der Waals surface area contributed by atoms with Crippen LogP contribution in [0.1, 0.15) is 55.6 Å². The molecule has 6 nitrogen and oxygen atoms in total. The first-order valence-corrected chi connectivity index (χ1v) is 10.5. The van der Waals surface area contributed by atoms with Gasteiger partial charge < -0.3 is 19.2 Å². The molecule has 0 radical (unpaired) electrons. The molecule has 5 atom stereocenters. The van der Waals surface area contributed by atoms with Crippen molar-refractivity contribution in [2.75, 3.05) is 7.11 Å². The molecule has 0 aliphatic heterocycles. The molecule has 2 saturated carbocycles. The normalized spacial score (nSPS) is 25.1. The van der Waals surface area contributed by atoms with Crippen LogP contribution in [-0.2, 0) is 20.9 Å². The highest BCUT2D eigenvalue weighted by Gasteiger charge is 2.42. The molecule has 1 heterocycles. The molecule has 6 heteroatoms. The molecule has 1 amide bonds. The maximum absolute atomic E-state index is 12.7. The van der Waals surface area contributed by atoms with E-state index in [9.17, 15) is 9.59 Å². The van der Waals surface area contributed by atoms with E-state index in [0.29, 0.717) is 17.1 Å². The van der Waals surface area contributed by atoms with Gasteiger partial charge in [0.2, 0.25) is 5.76 Å². The lowest BCUT2D eigenvalue weighted by Gasteiger charge is -2.29. The monoisotopic (exact) mass is 399 g/mol. The van der Waals surface area contributed by atoms with E-state index in [1.165, 1.54) is 25.7 Å². The summed E-state index contributed by atoms with van der Waals surface area (Å²) in [5, 5.41) is 3.87. The van der Waals surface area contributed by atoms with Crippen molar-refractivity contribution in [3.63, 3.8) is 0 Å². The van der Waals surface area contributed by atoms with Crippen LogP contribution >= 0.6 is 0 Å². The summed E-state index contributed by atoms with van der Waals surface area (Å²) in [6.45, 7) is 3.89. The van der Waals surface area contributed by atoms with Crippen LogP contribution in [0.5, 0.6) is 0 Å². The van der Waals surface area contributed by atoms with E-state index in [-0.39, 0.29) is 24.3 Å². The number of hydrogen-bond donors (Lipinski definition) is 1. The summed E-state index contributed by atoms with van der Waals surface area (Å²) in [6, 6.07) is 7.47. The standard InChI is InChI=1S/C23H29NO5/c1-13(18-11-15-8-9-16(18)10-15)24-22(25)14(2)28-23(26)21-19(12-27-3)17-6-4-5-7-20(17)29-21/h4-7,13-16,18H,8-12H2,1-3H3,(H,24,25). The van der Waals surface area contributed by atoms with Crippen LogP contribution in [0.3, 0.4) is 0 Å². The summed E-state index contributed by atoms with van der Waals surface area (Å²) >= 11 is 0. The first-order valence-electron chi connectivity index (χ1n) is 10.5. The molecule has 29 heavy (non-hydrogen) atoms. The third kappa shape index (κ3) is 3.90. The van der Waals surface area contributed by atoms with Crippen molar-refractivity contribution in [3.8, 4) is 0 Å². The van der Waals surface area contributed by atoms with Gasteiger partial charge in [0, 0.05) is 24.1 Å². The largest absolute Gasteiger partial charge is 0.449 e. The average molecular weight is 399 g/mol. The molecule has 2 bridgehead atoms. The van der Waals surface area contributed by atoms with Crippen molar-refractivity contribution in [1.82, 2.24) is 5.32 Å². The van der Waals surface area contributed by atoms with Gasteiger partial charge in [-0.25, -0.2) is 4.79 Å². The van der Waals surface area contributed by atoms with Crippen LogP contribution in [-0.4, -0.2) is 31.1 Å². The zero-order chi connectivity index (χ0) is 20.5. The number of ether oxygens (including phenoxy) is 2. The van der Waals surface area contributed by atoms with Crippen molar-refractivity contribution in [3.05, 3.63) is 35.6 Å². The SMILES string of the molecule is COCc1c(C(=O)OC(C)C(=O)NC(C)C2CC3CCC2C3)oc2ccccc12. The molecule has 0 spiro atoms. The molecule has 1 aromatic heterocycles. The van der Waals surface area contributed by atoms with Crippen molar-refractivity contribution < 1.29 is 23.5 Å². The van der Waals surface area contributed by atoms with Gasteiger partial charge in [-0.05, 0) is 56.9 Å². The third-order valence-corrected chi connectivity index (χ3v) is 6.63. The Morgan fingerprint density at radius 3 is 2.69 bits per heavy atom. The maximum Gasteiger partial charge on any atom is 0.375 e. The van der Waals surface area contributed by atoms with Crippen LogP contribution < -0.4 is 5.32 Å². The highest BCUT2D eigenvalue weighted by molar-refractivity contribution is 5.97. The number of rotatable bonds is 7. The molecule has 1 aromatic carbocycles. The Morgan fingerprint density at radius 1 is 1.21 bits per heavy atom. The molecule has 2 aliphatic rings. The summed E-state index contributed by atoms with van der Waals surface area (Å²) in [5.41, 5.74) is 1.23. The molecule has 156 valence electrons. The second-order valence-corrected chi connectivity index (χ2v) is 8.52. The highest BCUT2D eigenvalue weighted by atomic mass is 16.6. The number of nitrogens with one attached hydrogen (secondary N) is 1. The van der Waals surface area contributed by atoms with E-state index in [1.54, 1.807) is 20.1 Å². The smallest absolute Gasteiger partial charge is 0.375 e. The molecule has 5 unspecified atom stereocenters. The minimum atomic E-state index is -0.896. The quantitative estimate of drug-likeness (QED) is 0.710.